The molecule has 0 bridgehead atoms. The minimum absolute atomic E-state index is 0.00415. The lowest BCUT2D eigenvalue weighted by Crippen LogP contribution is -2.45. The van der Waals surface area contributed by atoms with Crippen molar-refractivity contribution >= 4 is 11.9 Å². The fourth-order valence-electron chi connectivity index (χ4n) is 7.50. The molecule has 2 unspecified atom stereocenters. The highest BCUT2D eigenvalue weighted by Crippen LogP contribution is 2.16. The Morgan fingerprint density at radius 2 is 0.873 bits per heavy atom. The van der Waals surface area contributed by atoms with Crippen LogP contribution in [0.1, 0.15) is 264 Å². The summed E-state index contributed by atoms with van der Waals surface area (Å²) in [7, 11) is 0. The fraction of sp³-hybridized carbons (Fsp3) is 0.918. The second-order valence-electron chi connectivity index (χ2n) is 16.8. The number of aliphatic hydroxyl groups excluding tert-OH is 2. The van der Waals surface area contributed by atoms with Crippen molar-refractivity contribution in [2.75, 3.05) is 13.2 Å². The number of carbonyl (C=O) groups excluding carboxylic acids is 2. The highest BCUT2D eigenvalue weighted by Gasteiger charge is 2.20. The van der Waals surface area contributed by atoms with Crippen LogP contribution in [-0.2, 0) is 14.3 Å². The van der Waals surface area contributed by atoms with Gasteiger partial charge in [0.15, 0.2) is 0 Å². The molecule has 0 aliphatic heterocycles. The van der Waals surface area contributed by atoms with Crippen molar-refractivity contribution in [2.45, 2.75) is 276 Å². The Kier molecular flexibility index (Phi) is 44.2. The minimum atomic E-state index is -0.663. The number of nitrogens with one attached hydrogen (secondary N) is 1. The first kappa shape index (κ1) is 53.6. The van der Waals surface area contributed by atoms with Gasteiger partial charge in [-0.25, -0.2) is 0 Å². The minimum Gasteiger partial charge on any atom is -0.466 e. The zero-order valence-electron chi connectivity index (χ0n) is 36.9. The summed E-state index contributed by atoms with van der Waals surface area (Å²) in [5, 5.41) is 23.0. The van der Waals surface area contributed by atoms with E-state index in [1.807, 2.05) is 0 Å². The largest absolute Gasteiger partial charge is 0.466 e. The van der Waals surface area contributed by atoms with Crippen LogP contribution in [0.15, 0.2) is 12.2 Å². The molecule has 2 atom stereocenters. The molecule has 0 rings (SSSR count). The smallest absolute Gasteiger partial charge is 0.305 e. The van der Waals surface area contributed by atoms with E-state index in [4.69, 9.17) is 4.74 Å². The number of carbonyl (C=O) groups is 2. The number of aliphatic hydroxyl groups is 2. The van der Waals surface area contributed by atoms with Crippen molar-refractivity contribution in [3.05, 3.63) is 12.2 Å². The Morgan fingerprint density at radius 1 is 0.491 bits per heavy atom. The molecule has 0 radical (unpaired) electrons. The van der Waals surface area contributed by atoms with Crippen LogP contribution in [0, 0.1) is 0 Å². The highest BCUT2D eigenvalue weighted by molar-refractivity contribution is 5.76. The average Bonchev–Trinajstić information content (AvgIpc) is 3.18. The average molecular weight is 778 g/mol. The Balaban J connectivity index is 3.39. The maximum absolute atomic E-state index is 12.4. The van der Waals surface area contributed by atoms with Gasteiger partial charge in [-0.15, -0.1) is 0 Å². The van der Waals surface area contributed by atoms with Gasteiger partial charge in [0, 0.05) is 12.8 Å². The quantitative estimate of drug-likeness (QED) is 0.0325. The number of hydrogen-bond donors (Lipinski definition) is 3. The van der Waals surface area contributed by atoms with E-state index in [2.05, 4.69) is 31.3 Å². The number of amides is 1. The maximum Gasteiger partial charge on any atom is 0.305 e. The lowest BCUT2D eigenvalue weighted by molar-refractivity contribution is -0.143. The molecule has 0 aliphatic rings. The standard InChI is InChI=1S/C49H95NO5/c1-3-5-7-9-11-13-22-27-31-35-39-43-49(54)55-44-40-36-32-28-24-21-19-17-15-14-16-18-20-23-26-30-34-38-42-48(53)50-46(45-51)47(52)41-37-33-29-25-12-10-8-6-4-2/h9,11,46-47,51-52H,3-8,10,12-45H2,1-2H3,(H,50,53)/b11-9-. The van der Waals surface area contributed by atoms with E-state index in [0.717, 1.165) is 44.9 Å². The van der Waals surface area contributed by atoms with Crippen LogP contribution >= 0.6 is 0 Å². The SMILES string of the molecule is CCCC/C=C\CCCCCCCC(=O)OCCCCCCCCCCCCCCCCCCCCC(=O)NC(CO)C(O)CCCCCCCCCCC. The summed E-state index contributed by atoms with van der Waals surface area (Å²) in [4.78, 5) is 24.3. The van der Waals surface area contributed by atoms with E-state index in [0.29, 0.717) is 25.9 Å². The summed E-state index contributed by atoms with van der Waals surface area (Å²) >= 11 is 0. The highest BCUT2D eigenvalue weighted by atomic mass is 16.5. The summed E-state index contributed by atoms with van der Waals surface area (Å²) in [5.41, 5.74) is 0. The van der Waals surface area contributed by atoms with Crippen LogP contribution in [0.2, 0.25) is 0 Å². The van der Waals surface area contributed by atoms with Gasteiger partial charge in [0.2, 0.25) is 5.91 Å². The zero-order valence-corrected chi connectivity index (χ0v) is 36.9. The van der Waals surface area contributed by atoms with Gasteiger partial charge in [-0.3, -0.25) is 9.59 Å². The van der Waals surface area contributed by atoms with Gasteiger partial charge in [0.05, 0.1) is 25.4 Å². The van der Waals surface area contributed by atoms with Crippen LogP contribution in [0.3, 0.4) is 0 Å². The summed E-state index contributed by atoms with van der Waals surface area (Å²) < 4.78 is 5.44. The molecular weight excluding hydrogens is 683 g/mol. The third-order valence-corrected chi connectivity index (χ3v) is 11.3. The van der Waals surface area contributed by atoms with Crippen LogP contribution in [0.5, 0.6) is 0 Å². The van der Waals surface area contributed by atoms with Crippen LogP contribution < -0.4 is 5.32 Å². The predicted octanol–water partition coefficient (Wildman–Crippen LogP) is 14.2. The normalized spacial score (nSPS) is 12.7. The van der Waals surface area contributed by atoms with Crippen LogP contribution in [-0.4, -0.2) is 47.4 Å². The predicted molar refractivity (Wildman–Crippen MR) is 237 cm³/mol. The molecule has 0 aromatic rings. The Bertz CT molecular complexity index is 817. The number of esters is 1. The molecule has 0 aromatic carbocycles. The molecule has 0 aromatic heterocycles. The molecule has 0 saturated heterocycles. The zero-order chi connectivity index (χ0) is 40.1. The second-order valence-corrected chi connectivity index (χ2v) is 16.8. The van der Waals surface area contributed by atoms with E-state index >= 15 is 0 Å². The first-order valence-electron chi connectivity index (χ1n) is 24.4. The van der Waals surface area contributed by atoms with Crippen LogP contribution in [0.4, 0.5) is 0 Å². The number of allylic oxidation sites excluding steroid dienone is 2. The van der Waals surface area contributed by atoms with Gasteiger partial charge in [-0.05, 0) is 44.9 Å². The molecule has 0 fully saturated rings. The molecule has 0 spiro atoms. The number of rotatable bonds is 45. The molecule has 326 valence electrons. The first-order chi connectivity index (χ1) is 27.0. The van der Waals surface area contributed by atoms with E-state index in [1.54, 1.807) is 0 Å². The van der Waals surface area contributed by atoms with Gasteiger partial charge in [-0.1, -0.05) is 219 Å². The molecule has 3 N–H and O–H groups in total. The number of unbranched alkanes of at least 4 members (excludes halogenated alkanes) is 32. The first-order valence-corrected chi connectivity index (χ1v) is 24.4. The van der Waals surface area contributed by atoms with Gasteiger partial charge in [0.25, 0.3) is 0 Å². The van der Waals surface area contributed by atoms with E-state index in [-0.39, 0.29) is 18.5 Å². The molecule has 0 saturated carbocycles. The van der Waals surface area contributed by atoms with E-state index in [1.165, 1.54) is 186 Å². The van der Waals surface area contributed by atoms with Crippen molar-refractivity contribution in [1.29, 1.82) is 0 Å². The maximum atomic E-state index is 12.4. The third kappa shape index (κ3) is 42.0. The monoisotopic (exact) mass is 778 g/mol. The topological polar surface area (TPSA) is 95.9 Å². The summed E-state index contributed by atoms with van der Waals surface area (Å²) in [6, 6.07) is -0.541. The van der Waals surface area contributed by atoms with Crippen molar-refractivity contribution in [3.8, 4) is 0 Å². The van der Waals surface area contributed by atoms with Crippen molar-refractivity contribution in [1.82, 2.24) is 5.32 Å². The lowest BCUT2D eigenvalue weighted by Gasteiger charge is -2.22. The second kappa shape index (κ2) is 45.3. The molecule has 55 heavy (non-hydrogen) atoms. The Hall–Kier alpha value is -1.40. The van der Waals surface area contributed by atoms with Gasteiger partial charge in [0.1, 0.15) is 0 Å². The Labute approximate surface area is 342 Å². The molecule has 6 heteroatoms. The van der Waals surface area contributed by atoms with E-state index in [9.17, 15) is 19.8 Å². The number of hydrogen-bond acceptors (Lipinski definition) is 5. The van der Waals surface area contributed by atoms with Gasteiger partial charge >= 0.3 is 5.97 Å². The van der Waals surface area contributed by atoms with Gasteiger partial charge < -0.3 is 20.3 Å². The summed E-state index contributed by atoms with van der Waals surface area (Å²) in [6.07, 6.45) is 50.4. The summed E-state index contributed by atoms with van der Waals surface area (Å²) in [5.74, 6) is -0.0458. The molecule has 0 heterocycles. The number of ether oxygens (including phenoxy) is 1. The van der Waals surface area contributed by atoms with Crippen molar-refractivity contribution < 1.29 is 24.5 Å². The van der Waals surface area contributed by atoms with Crippen molar-refractivity contribution in [2.24, 2.45) is 0 Å². The van der Waals surface area contributed by atoms with E-state index < -0.39 is 12.1 Å². The molecule has 1 amide bonds. The van der Waals surface area contributed by atoms with Gasteiger partial charge in [-0.2, -0.15) is 0 Å². The molecule has 6 nitrogen and oxygen atoms in total. The van der Waals surface area contributed by atoms with Crippen LogP contribution in [0.25, 0.3) is 0 Å². The lowest BCUT2D eigenvalue weighted by atomic mass is 10.0. The fourth-order valence-corrected chi connectivity index (χ4v) is 7.50. The molecular formula is C49H95NO5. The third-order valence-electron chi connectivity index (χ3n) is 11.3. The summed E-state index contributed by atoms with van der Waals surface area (Å²) in [6.45, 7) is 4.88. The molecule has 0 aliphatic carbocycles. The Morgan fingerprint density at radius 3 is 1.35 bits per heavy atom. The van der Waals surface area contributed by atoms with Crippen molar-refractivity contribution in [3.63, 3.8) is 0 Å².